The number of benzene rings is 2. The standard InChI is InChI=1S/C21H24N2O7S/c1-14(21(24)22-15-4-6-17-19(12-15)29-10-2-8-27-17)23-31(25,26)16-5-7-18-20(13-16)30-11-3-9-28-18/h4-7,12-14,23H,2-3,8-11H2,1H3,(H,22,24). The molecular formula is C21H24N2O7S. The van der Waals surface area contributed by atoms with E-state index < -0.39 is 22.0 Å². The zero-order chi connectivity index (χ0) is 21.8. The maximum atomic E-state index is 12.8. The molecule has 0 bridgehead atoms. The second kappa shape index (κ2) is 9.03. The number of fused-ring (bicyclic) bond motifs is 2. The highest BCUT2D eigenvalue weighted by atomic mass is 32.2. The van der Waals surface area contributed by atoms with Crippen LogP contribution in [0.5, 0.6) is 23.0 Å². The van der Waals surface area contributed by atoms with Crippen LogP contribution in [0.25, 0.3) is 0 Å². The number of anilines is 1. The number of rotatable bonds is 5. The summed E-state index contributed by atoms with van der Waals surface area (Å²) >= 11 is 0. The quantitative estimate of drug-likeness (QED) is 0.722. The Morgan fingerprint density at radius 3 is 2.03 bits per heavy atom. The molecule has 0 saturated heterocycles. The highest BCUT2D eigenvalue weighted by molar-refractivity contribution is 7.89. The van der Waals surface area contributed by atoms with Crippen LogP contribution in [-0.2, 0) is 14.8 Å². The van der Waals surface area contributed by atoms with Crippen LogP contribution >= 0.6 is 0 Å². The van der Waals surface area contributed by atoms with E-state index in [1.807, 2.05) is 0 Å². The average Bonchev–Trinajstić information content (AvgIpc) is 3.12. The van der Waals surface area contributed by atoms with E-state index in [-0.39, 0.29) is 4.90 Å². The number of amides is 1. The summed E-state index contributed by atoms with van der Waals surface area (Å²) in [5.74, 6) is 1.50. The summed E-state index contributed by atoms with van der Waals surface area (Å²) in [5, 5.41) is 2.70. The monoisotopic (exact) mass is 448 g/mol. The topological polar surface area (TPSA) is 112 Å². The van der Waals surface area contributed by atoms with Gasteiger partial charge in [0.05, 0.1) is 37.4 Å². The first kappa shape index (κ1) is 21.3. The predicted molar refractivity (Wildman–Crippen MR) is 113 cm³/mol. The predicted octanol–water partition coefficient (Wildman–Crippen LogP) is 2.31. The molecule has 166 valence electrons. The van der Waals surface area contributed by atoms with E-state index in [2.05, 4.69) is 10.0 Å². The molecule has 9 nitrogen and oxygen atoms in total. The Hall–Kier alpha value is -2.98. The molecule has 2 aromatic rings. The molecule has 2 heterocycles. The lowest BCUT2D eigenvalue weighted by molar-refractivity contribution is -0.117. The van der Waals surface area contributed by atoms with Gasteiger partial charge in [0.2, 0.25) is 15.9 Å². The number of nitrogens with one attached hydrogen (secondary N) is 2. The highest BCUT2D eigenvalue weighted by Gasteiger charge is 2.24. The Morgan fingerprint density at radius 1 is 0.839 bits per heavy atom. The van der Waals surface area contributed by atoms with Gasteiger partial charge in [0.15, 0.2) is 23.0 Å². The molecule has 0 radical (unpaired) electrons. The molecule has 2 aromatic carbocycles. The van der Waals surface area contributed by atoms with Crippen LogP contribution in [0.1, 0.15) is 19.8 Å². The molecule has 1 unspecified atom stereocenters. The van der Waals surface area contributed by atoms with Crippen molar-refractivity contribution in [2.75, 3.05) is 31.7 Å². The van der Waals surface area contributed by atoms with E-state index in [9.17, 15) is 13.2 Å². The van der Waals surface area contributed by atoms with Crippen LogP contribution < -0.4 is 29.0 Å². The summed E-state index contributed by atoms with van der Waals surface area (Å²) in [6.07, 6.45) is 1.49. The molecule has 0 saturated carbocycles. The fraction of sp³-hybridized carbons (Fsp3) is 0.381. The van der Waals surface area contributed by atoms with Crippen molar-refractivity contribution in [2.45, 2.75) is 30.7 Å². The van der Waals surface area contributed by atoms with Crippen LogP contribution in [0.3, 0.4) is 0 Å². The molecule has 2 aliphatic rings. The van der Waals surface area contributed by atoms with Gasteiger partial charge in [-0.3, -0.25) is 4.79 Å². The summed E-state index contributed by atoms with van der Waals surface area (Å²) in [5.41, 5.74) is 0.482. The molecule has 0 fully saturated rings. The Morgan fingerprint density at radius 2 is 1.39 bits per heavy atom. The number of carbonyl (C=O) groups excluding carboxylic acids is 1. The molecule has 0 aromatic heterocycles. The number of ether oxygens (including phenoxy) is 4. The maximum Gasteiger partial charge on any atom is 0.242 e. The number of sulfonamides is 1. The van der Waals surface area contributed by atoms with Crippen molar-refractivity contribution < 1.29 is 32.2 Å². The molecule has 4 rings (SSSR count). The first-order valence-corrected chi connectivity index (χ1v) is 11.5. The van der Waals surface area contributed by atoms with E-state index in [4.69, 9.17) is 18.9 Å². The van der Waals surface area contributed by atoms with Crippen molar-refractivity contribution in [3.63, 3.8) is 0 Å². The van der Waals surface area contributed by atoms with Gasteiger partial charge in [0.1, 0.15) is 0 Å². The van der Waals surface area contributed by atoms with Crippen molar-refractivity contribution in [1.29, 1.82) is 0 Å². The fourth-order valence-electron chi connectivity index (χ4n) is 3.16. The van der Waals surface area contributed by atoms with Gasteiger partial charge in [0, 0.05) is 30.7 Å². The van der Waals surface area contributed by atoms with E-state index >= 15 is 0 Å². The summed E-state index contributed by atoms with van der Waals surface area (Å²) in [7, 11) is -3.95. The van der Waals surface area contributed by atoms with Crippen molar-refractivity contribution in [3.05, 3.63) is 36.4 Å². The second-order valence-electron chi connectivity index (χ2n) is 7.20. The third-order valence-corrected chi connectivity index (χ3v) is 6.31. The third-order valence-electron chi connectivity index (χ3n) is 4.77. The Kier molecular flexibility index (Phi) is 6.19. The van der Waals surface area contributed by atoms with Crippen molar-refractivity contribution in [3.8, 4) is 23.0 Å². The van der Waals surface area contributed by atoms with Gasteiger partial charge in [-0.15, -0.1) is 0 Å². The zero-order valence-electron chi connectivity index (χ0n) is 17.1. The minimum atomic E-state index is -3.95. The Bertz CT molecular complexity index is 1070. The van der Waals surface area contributed by atoms with Gasteiger partial charge in [-0.05, 0) is 31.2 Å². The normalized spacial score (nSPS) is 16.5. The maximum absolute atomic E-state index is 12.8. The second-order valence-corrected chi connectivity index (χ2v) is 8.92. The molecule has 2 aliphatic heterocycles. The van der Waals surface area contributed by atoms with Gasteiger partial charge in [-0.25, -0.2) is 8.42 Å². The van der Waals surface area contributed by atoms with Gasteiger partial charge >= 0.3 is 0 Å². The van der Waals surface area contributed by atoms with E-state index in [1.54, 1.807) is 24.3 Å². The largest absolute Gasteiger partial charge is 0.490 e. The minimum absolute atomic E-state index is 0.00743. The number of hydrogen-bond donors (Lipinski definition) is 2. The lowest BCUT2D eigenvalue weighted by Crippen LogP contribution is -2.41. The molecule has 10 heteroatoms. The first-order chi connectivity index (χ1) is 14.9. The van der Waals surface area contributed by atoms with E-state index in [0.717, 1.165) is 6.42 Å². The average molecular weight is 448 g/mol. The molecule has 1 atom stereocenters. The van der Waals surface area contributed by atoms with Crippen LogP contribution in [0.4, 0.5) is 5.69 Å². The molecule has 2 N–H and O–H groups in total. The summed E-state index contributed by atoms with van der Waals surface area (Å²) in [6, 6.07) is 8.40. The summed E-state index contributed by atoms with van der Waals surface area (Å²) in [4.78, 5) is 12.6. The van der Waals surface area contributed by atoms with Gasteiger partial charge in [-0.1, -0.05) is 0 Å². The minimum Gasteiger partial charge on any atom is -0.490 e. The highest BCUT2D eigenvalue weighted by Crippen LogP contribution is 2.33. The summed E-state index contributed by atoms with van der Waals surface area (Å²) in [6.45, 7) is 3.51. The molecular weight excluding hydrogens is 424 g/mol. The number of hydrogen-bond acceptors (Lipinski definition) is 7. The SMILES string of the molecule is CC(NS(=O)(=O)c1ccc2c(c1)OCCCO2)C(=O)Nc1ccc2c(c1)OCCCO2. The fourth-order valence-corrected chi connectivity index (χ4v) is 4.37. The first-order valence-electron chi connectivity index (χ1n) is 10.0. The Labute approximate surface area is 180 Å². The third kappa shape index (κ3) is 5.02. The lowest BCUT2D eigenvalue weighted by atomic mass is 10.2. The molecule has 1 amide bonds. The van der Waals surface area contributed by atoms with E-state index in [0.29, 0.717) is 61.5 Å². The molecule has 31 heavy (non-hydrogen) atoms. The van der Waals surface area contributed by atoms with Gasteiger partial charge in [-0.2, -0.15) is 4.72 Å². The molecule has 0 spiro atoms. The number of carbonyl (C=O) groups is 1. The summed E-state index contributed by atoms with van der Waals surface area (Å²) < 4.78 is 50.2. The van der Waals surface area contributed by atoms with Crippen molar-refractivity contribution >= 4 is 21.6 Å². The van der Waals surface area contributed by atoms with Crippen molar-refractivity contribution in [2.24, 2.45) is 0 Å². The van der Waals surface area contributed by atoms with E-state index in [1.165, 1.54) is 19.1 Å². The van der Waals surface area contributed by atoms with Gasteiger partial charge < -0.3 is 24.3 Å². The Balaban J connectivity index is 1.43. The molecule has 0 aliphatic carbocycles. The van der Waals surface area contributed by atoms with Crippen LogP contribution in [0.2, 0.25) is 0 Å². The van der Waals surface area contributed by atoms with Crippen LogP contribution in [-0.4, -0.2) is 46.8 Å². The smallest absolute Gasteiger partial charge is 0.242 e. The van der Waals surface area contributed by atoms with Gasteiger partial charge in [0.25, 0.3) is 0 Å². The zero-order valence-corrected chi connectivity index (χ0v) is 17.9. The van der Waals surface area contributed by atoms with Crippen LogP contribution in [0, 0.1) is 0 Å². The lowest BCUT2D eigenvalue weighted by Gasteiger charge is -2.16. The van der Waals surface area contributed by atoms with Crippen molar-refractivity contribution in [1.82, 2.24) is 4.72 Å². The van der Waals surface area contributed by atoms with Crippen LogP contribution in [0.15, 0.2) is 41.3 Å².